The Morgan fingerprint density at radius 3 is 2.86 bits per heavy atom. The number of ketones is 1. The highest BCUT2D eigenvalue weighted by molar-refractivity contribution is 5.93. The number of Topliss-reactive ketones (excluding diaryl/α,β-unsaturated/α-hetero) is 1. The van der Waals surface area contributed by atoms with Crippen LogP contribution in [0, 0.1) is 6.92 Å². The van der Waals surface area contributed by atoms with Crippen molar-refractivity contribution < 1.29 is 9.90 Å². The van der Waals surface area contributed by atoms with Gasteiger partial charge in [-0.2, -0.15) is 0 Å². The number of aliphatic hydroxyl groups is 1. The van der Waals surface area contributed by atoms with Gasteiger partial charge in [0.15, 0.2) is 5.78 Å². The van der Waals surface area contributed by atoms with E-state index >= 15 is 0 Å². The van der Waals surface area contributed by atoms with Crippen molar-refractivity contribution in [3.8, 4) is 0 Å². The number of aromatic nitrogens is 2. The Hall–Kier alpha value is -2.50. The number of rotatable bonds is 4. The number of aryl methyl sites for hydroxylation is 1. The van der Waals surface area contributed by atoms with Crippen LogP contribution >= 0.6 is 0 Å². The lowest BCUT2D eigenvalue weighted by molar-refractivity contribution is 0.0369. The molecule has 2 aromatic heterocycles. The molecule has 1 unspecified atom stereocenters. The maximum atomic E-state index is 12.0. The van der Waals surface area contributed by atoms with E-state index in [4.69, 9.17) is 0 Å². The molecule has 0 aliphatic carbocycles. The molecule has 5 heteroatoms. The molecule has 1 atom stereocenters. The number of hydrogen-bond acceptors (Lipinski definition) is 4. The van der Waals surface area contributed by atoms with Crippen LogP contribution in [0.4, 0.5) is 0 Å². The van der Waals surface area contributed by atoms with E-state index in [1.807, 2.05) is 0 Å². The second kappa shape index (κ2) is 6.83. The van der Waals surface area contributed by atoms with Crippen LogP contribution in [-0.4, -0.2) is 38.9 Å². The van der Waals surface area contributed by atoms with Crippen molar-refractivity contribution in [2.45, 2.75) is 45.9 Å². The van der Waals surface area contributed by atoms with Gasteiger partial charge in [-0.25, -0.2) is 0 Å². The minimum Gasteiger partial charge on any atom is -0.383 e. The predicted octanol–water partition coefficient (Wildman–Crippen LogP) is 3.44. The second-order valence-electron chi connectivity index (χ2n) is 8.25. The molecule has 28 heavy (non-hydrogen) atoms. The van der Waals surface area contributed by atoms with Crippen LogP contribution < -0.4 is 0 Å². The third-order valence-corrected chi connectivity index (χ3v) is 5.79. The fourth-order valence-electron chi connectivity index (χ4n) is 4.39. The van der Waals surface area contributed by atoms with Gasteiger partial charge in [-0.3, -0.25) is 9.78 Å². The van der Waals surface area contributed by atoms with Gasteiger partial charge in [-0.05, 0) is 44.7 Å². The van der Waals surface area contributed by atoms with E-state index in [9.17, 15) is 9.90 Å². The molecular formula is C23H27N3O2. The van der Waals surface area contributed by atoms with E-state index in [-0.39, 0.29) is 5.78 Å². The summed E-state index contributed by atoms with van der Waals surface area (Å²) in [7, 11) is 2.15. The molecule has 0 bridgehead atoms. The number of fused-ring (bicyclic) bond motifs is 3. The van der Waals surface area contributed by atoms with Gasteiger partial charge < -0.3 is 14.6 Å². The Labute approximate surface area is 165 Å². The quantitative estimate of drug-likeness (QED) is 0.708. The molecule has 0 fully saturated rings. The Morgan fingerprint density at radius 2 is 2.11 bits per heavy atom. The summed E-state index contributed by atoms with van der Waals surface area (Å²) in [5.74, 6) is -0.132. The third kappa shape index (κ3) is 3.15. The van der Waals surface area contributed by atoms with Gasteiger partial charge in [0.25, 0.3) is 0 Å². The number of nitrogens with zero attached hydrogens (tertiary/aromatic N) is 3. The molecule has 1 aliphatic rings. The molecule has 0 radical (unpaired) electrons. The molecule has 0 spiro atoms. The minimum atomic E-state index is -1.21. The fraction of sp³-hybridized carbons (Fsp3) is 0.391. The number of benzene rings is 1. The van der Waals surface area contributed by atoms with Gasteiger partial charge in [-0.1, -0.05) is 17.7 Å². The Balaban J connectivity index is 1.85. The zero-order valence-corrected chi connectivity index (χ0v) is 17.0. The van der Waals surface area contributed by atoms with Crippen molar-refractivity contribution in [2.75, 3.05) is 13.6 Å². The molecule has 0 saturated carbocycles. The zero-order chi connectivity index (χ0) is 20.1. The van der Waals surface area contributed by atoms with Crippen molar-refractivity contribution in [3.63, 3.8) is 0 Å². The third-order valence-electron chi connectivity index (χ3n) is 5.79. The van der Waals surface area contributed by atoms with Crippen LogP contribution in [0.5, 0.6) is 0 Å². The van der Waals surface area contributed by atoms with Gasteiger partial charge in [0.05, 0.1) is 6.54 Å². The highest BCUT2D eigenvalue weighted by Gasteiger charge is 2.32. The normalized spacial score (nSPS) is 16.8. The Bertz CT molecular complexity index is 1070. The molecule has 1 aromatic carbocycles. The van der Waals surface area contributed by atoms with Gasteiger partial charge in [0.2, 0.25) is 0 Å². The van der Waals surface area contributed by atoms with Crippen LogP contribution in [0.3, 0.4) is 0 Å². The van der Waals surface area contributed by atoms with Gasteiger partial charge in [0.1, 0.15) is 11.3 Å². The predicted molar refractivity (Wildman–Crippen MR) is 111 cm³/mol. The van der Waals surface area contributed by atoms with Crippen molar-refractivity contribution >= 4 is 16.7 Å². The SMILES string of the molecule is CC(=O)c1ncccc1C(C)(O)Cn1c2c(c3cc(C)ccc31)CN(C)CC2. The molecule has 146 valence electrons. The lowest BCUT2D eigenvalue weighted by atomic mass is 9.92. The van der Waals surface area contributed by atoms with E-state index in [0.29, 0.717) is 17.8 Å². The molecule has 1 N–H and O–H groups in total. The smallest absolute Gasteiger partial charge is 0.178 e. The standard InChI is InChI=1S/C23H27N3O2/c1-15-7-8-20-17(12-15)18-13-25(4)11-9-21(18)26(20)14-23(3,28)19-6-5-10-24-22(19)16(2)27/h5-8,10,12,28H,9,11,13-14H2,1-4H3. The first-order chi connectivity index (χ1) is 13.3. The summed E-state index contributed by atoms with van der Waals surface area (Å²) >= 11 is 0. The molecule has 3 aromatic rings. The topological polar surface area (TPSA) is 58.4 Å². The minimum absolute atomic E-state index is 0.132. The summed E-state index contributed by atoms with van der Waals surface area (Å²) in [6.45, 7) is 7.68. The molecule has 4 rings (SSSR count). The lowest BCUT2D eigenvalue weighted by Gasteiger charge is -2.29. The van der Waals surface area contributed by atoms with Crippen LogP contribution in [0.1, 0.15) is 46.7 Å². The average molecular weight is 377 g/mol. The summed E-state index contributed by atoms with van der Waals surface area (Å²) in [6.07, 6.45) is 2.55. The van der Waals surface area contributed by atoms with Gasteiger partial charge >= 0.3 is 0 Å². The summed E-state index contributed by atoms with van der Waals surface area (Å²) in [5.41, 5.74) is 4.72. The number of hydrogen-bond donors (Lipinski definition) is 1. The van der Waals surface area contributed by atoms with Crippen molar-refractivity contribution in [1.82, 2.24) is 14.5 Å². The first-order valence-electron chi connectivity index (χ1n) is 9.76. The highest BCUT2D eigenvalue weighted by atomic mass is 16.3. The summed E-state index contributed by atoms with van der Waals surface area (Å²) < 4.78 is 2.24. The summed E-state index contributed by atoms with van der Waals surface area (Å²) in [4.78, 5) is 18.6. The van der Waals surface area contributed by atoms with Crippen molar-refractivity contribution in [1.29, 1.82) is 0 Å². The maximum absolute atomic E-state index is 12.0. The highest BCUT2D eigenvalue weighted by Crippen LogP contribution is 2.34. The number of pyridine rings is 1. The summed E-state index contributed by atoms with van der Waals surface area (Å²) in [6, 6.07) is 10.1. The van der Waals surface area contributed by atoms with Crippen LogP contribution in [0.2, 0.25) is 0 Å². The molecule has 0 saturated heterocycles. The Morgan fingerprint density at radius 1 is 1.32 bits per heavy atom. The van der Waals surface area contributed by atoms with Crippen LogP contribution in [0.15, 0.2) is 36.5 Å². The maximum Gasteiger partial charge on any atom is 0.178 e. The molecule has 0 amide bonds. The van der Waals surface area contributed by atoms with Gasteiger partial charge in [-0.15, -0.1) is 0 Å². The van der Waals surface area contributed by atoms with E-state index in [1.165, 1.54) is 29.1 Å². The fourth-order valence-corrected chi connectivity index (χ4v) is 4.39. The van der Waals surface area contributed by atoms with Gasteiger partial charge in [0, 0.05) is 54.8 Å². The number of carbonyl (C=O) groups excluding carboxylic acids is 1. The Kier molecular flexibility index (Phi) is 4.60. The first-order valence-corrected chi connectivity index (χ1v) is 9.76. The van der Waals surface area contributed by atoms with Crippen LogP contribution in [0.25, 0.3) is 10.9 Å². The number of carbonyl (C=O) groups is 1. The van der Waals surface area contributed by atoms with Crippen molar-refractivity contribution in [3.05, 3.63) is 64.6 Å². The summed E-state index contributed by atoms with van der Waals surface area (Å²) in [5, 5.41) is 12.7. The van der Waals surface area contributed by atoms with Crippen LogP contribution in [-0.2, 0) is 25.1 Å². The zero-order valence-electron chi connectivity index (χ0n) is 17.0. The van der Waals surface area contributed by atoms with E-state index in [1.54, 1.807) is 25.3 Å². The first kappa shape index (κ1) is 18.8. The molecule has 5 nitrogen and oxygen atoms in total. The largest absolute Gasteiger partial charge is 0.383 e. The van der Waals surface area contributed by atoms with Crippen molar-refractivity contribution in [2.24, 2.45) is 0 Å². The second-order valence-corrected chi connectivity index (χ2v) is 8.25. The van der Waals surface area contributed by atoms with E-state index in [2.05, 4.69) is 46.6 Å². The average Bonchev–Trinajstić information content (AvgIpc) is 2.93. The molecule has 1 aliphatic heterocycles. The molecular weight excluding hydrogens is 350 g/mol. The molecule has 3 heterocycles. The monoisotopic (exact) mass is 377 g/mol. The van der Waals surface area contributed by atoms with E-state index < -0.39 is 5.60 Å². The van der Waals surface area contributed by atoms with E-state index in [0.717, 1.165) is 25.0 Å². The lowest BCUT2D eigenvalue weighted by Crippen LogP contribution is -2.33. The number of likely N-dealkylation sites (N-methyl/N-ethyl adjacent to an activating group) is 1.